The van der Waals surface area contributed by atoms with Crippen LogP contribution in [0, 0.1) is 13.8 Å². The molecule has 0 radical (unpaired) electrons. The molecule has 2 aromatic carbocycles. The fourth-order valence-corrected chi connectivity index (χ4v) is 3.43. The summed E-state index contributed by atoms with van der Waals surface area (Å²) in [4.78, 5) is 4.87. The van der Waals surface area contributed by atoms with Gasteiger partial charge in [-0.1, -0.05) is 36.6 Å². The van der Waals surface area contributed by atoms with Gasteiger partial charge in [-0.15, -0.1) is 0 Å². The van der Waals surface area contributed by atoms with Crippen LogP contribution in [0.2, 0.25) is 5.02 Å². The van der Waals surface area contributed by atoms with E-state index >= 15 is 0 Å². The first-order valence-corrected chi connectivity index (χ1v) is 9.89. The van der Waals surface area contributed by atoms with E-state index in [0.717, 1.165) is 35.1 Å². The molecule has 0 atom stereocenters. The Hall–Kier alpha value is -2.00. The molecule has 2 aromatic rings. The van der Waals surface area contributed by atoms with Crippen LogP contribution in [0.3, 0.4) is 0 Å². The van der Waals surface area contributed by atoms with E-state index in [4.69, 9.17) is 16.6 Å². The maximum Gasteiger partial charge on any atom is 0.101 e. The summed E-state index contributed by atoms with van der Waals surface area (Å²) >= 11 is 6.10. The maximum atomic E-state index is 6.10. The molecule has 2 N–H and O–H groups in total. The Morgan fingerprint density at radius 1 is 0.962 bits per heavy atom. The van der Waals surface area contributed by atoms with Gasteiger partial charge in [-0.3, -0.25) is 4.99 Å². The molecule has 0 aliphatic carbocycles. The van der Waals surface area contributed by atoms with Crippen LogP contribution >= 0.6 is 11.6 Å². The standard InChI is InChI=1S/C22H28ClN3/c1-16-12-20-21(13-17(16)2)26-22(10-5-3-4-6-11-24-20)25-15-18-8-7-9-19(23)14-18/h7-9,12-14,24H,3-6,10-11,15H2,1-2H3,(H,25,26). The van der Waals surface area contributed by atoms with Gasteiger partial charge in [-0.2, -0.15) is 0 Å². The van der Waals surface area contributed by atoms with Gasteiger partial charge in [0.1, 0.15) is 5.84 Å². The van der Waals surface area contributed by atoms with Crippen molar-refractivity contribution in [2.45, 2.75) is 52.5 Å². The summed E-state index contributed by atoms with van der Waals surface area (Å²) in [6, 6.07) is 12.4. The molecule has 3 rings (SSSR count). The molecule has 0 saturated heterocycles. The predicted molar refractivity (Wildman–Crippen MR) is 114 cm³/mol. The average molecular weight is 370 g/mol. The highest BCUT2D eigenvalue weighted by Gasteiger charge is 2.10. The highest BCUT2D eigenvalue weighted by atomic mass is 35.5. The smallest absolute Gasteiger partial charge is 0.101 e. The minimum atomic E-state index is 0.649. The number of benzene rings is 2. The number of aliphatic imine (C=N–C) groups is 1. The van der Waals surface area contributed by atoms with E-state index in [9.17, 15) is 0 Å². The lowest BCUT2D eigenvalue weighted by atomic mass is 10.1. The van der Waals surface area contributed by atoms with E-state index in [2.05, 4.69) is 42.7 Å². The number of hydrogen-bond donors (Lipinski definition) is 2. The minimum Gasteiger partial charge on any atom is -0.383 e. The number of amidine groups is 1. The Balaban J connectivity index is 1.85. The first-order valence-electron chi connectivity index (χ1n) is 9.52. The fraction of sp³-hybridized carbons (Fsp3) is 0.409. The van der Waals surface area contributed by atoms with Crippen LogP contribution < -0.4 is 10.6 Å². The van der Waals surface area contributed by atoms with E-state index in [1.807, 2.05) is 18.2 Å². The number of anilines is 2. The van der Waals surface area contributed by atoms with Crippen molar-refractivity contribution in [3.05, 3.63) is 58.1 Å². The molecule has 0 spiro atoms. The van der Waals surface area contributed by atoms with Crippen LogP contribution in [0.4, 0.5) is 11.4 Å². The molecule has 0 aromatic heterocycles. The highest BCUT2D eigenvalue weighted by molar-refractivity contribution is 6.30. The molecule has 138 valence electrons. The second-order valence-electron chi connectivity index (χ2n) is 7.09. The van der Waals surface area contributed by atoms with Gasteiger partial charge in [0.05, 0.1) is 17.9 Å². The Bertz CT molecular complexity index is 783. The van der Waals surface area contributed by atoms with Gasteiger partial charge in [-0.25, -0.2) is 0 Å². The van der Waals surface area contributed by atoms with Crippen LogP contribution in [0.1, 0.15) is 48.8 Å². The van der Waals surface area contributed by atoms with Gasteiger partial charge < -0.3 is 10.6 Å². The first-order chi connectivity index (χ1) is 12.6. The molecular formula is C22H28ClN3. The zero-order valence-electron chi connectivity index (χ0n) is 15.7. The van der Waals surface area contributed by atoms with Crippen molar-refractivity contribution >= 4 is 28.8 Å². The molecule has 1 heterocycles. The van der Waals surface area contributed by atoms with Gasteiger partial charge in [0, 0.05) is 18.0 Å². The Morgan fingerprint density at radius 3 is 2.54 bits per heavy atom. The topological polar surface area (TPSA) is 36.4 Å². The lowest BCUT2D eigenvalue weighted by Crippen LogP contribution is -2.14. The number of halogens is 1. The SMILES string of the molecule is Cc1cc2c(cc1C)NC(=NCc1cccc(Cl)c1)CCCCCCN2. The second kappa shape index (κ2) is 9.09. The second-order valence-corrected chi connectivity index (χ2v) is 7.53. The maximum absolute atomic E-state index is 6.10. The monoisotopic (exact) mass is 369 g/mol. The van der Waals surface area contributed by atoms with Gasteiger partial charge >= 0.3 is 0 Å². The van der Waals surface area contributed by atoms with Crippen LogP contribution in [0.15, 0.2) is 41.4 Å². The summed E-state index contributed by atoms with van der Waals surface area (Å²) in [7, 11) is 0. The van der Waals surface area contributed by atoms with Crippen molar-refractivity contribution in [2.24, 2.45) is 4.99 Å². The molecular weight excluding hydrogens is 342 g/mol. The van der Waals surface area contributed by atoms with E-state index < -0.39 is 0 Å². The number of nitrogens with zero attached hydrogens (tertiary/aromatic N) is 1. The van der Waals surface area contributed by atoms with E-state index in [1.54, 1.807) is 0 Å². The fourth-order valence-electron chi connectivity index (χ4n) is 3.22. The third-order valence-corrected chi connectivity index (χ3v) is 5.15. The van der Waals surface area contributed by atoms with Gasteiger partial charge in [0.15, 0.2) is 0 Å². The molecule has 3 nitrogen and oxygen atoms in total. The van der Waals surface area contributed by atoms with Crippen LogP contribution in [-0.4, -0.2) is 12.4 Å². The summed E-state index contributed by atoms with van der Waals surface area (Å²) in [5, 5.41) is 7.96. The molecule has 0 unspecified atom stereocenters. The number of aryl methyl sites for hydroxylation is 2. The van der Waals surface area contributed by atoms with Gasteiger partial charge in [0.25, 0.3) is 0 Å². The Morgan fingerprint density at radius 2 is 1.73 bits per heavy atom. The quantitative estimate of drug-likeness (QED) is 0.647. The third-order valence-electron chi connectivity index (χ3n) is 4.91. The van der Waals surface area contributed by atoms with E-state index in [-0.39, 0.29) is 0 Å². The lowest BCUT2D eigenvalue weighted by molar-refractivity contribution is 0.668. The number of rotatable bonds is 2. The third kappa shape index (κ3) is 5.25. The molecule has 4 heteroatoms. The van der Waals surface area contributed by atoms with E-state index in [0.29, 0.717) is 6.54 Å². The lowest BCUT2D eigenvalue weighted by Gasteiger charge is -2.17. The van der Waals surface area contributed by atoms with Crippen LogP contribution in [0.5, 0.6) is 0 Å². The van der Waals surface area contributed by atoms with Crippen molar-refractivity contribution in [3.63, 3.8) is 0 Å². The van der Waals surface area contributed by atoms with E-state index in [1.165, 1.54) is 42.5 Å². The van der Waals surface area contributed by atoms with Gasteiger partial charge in [-0.05, 0) is 67.6 Å². The van der Waals surface area contributed by atoms with Gasteiger partial charge in [0.2, 0.25) is 0 Å². The Kier molecular flexibility index (Phi) is 6.56. The number of hydrogen-bond acceptors (Lipinski definition) is 2. The largest absolute Gasteiger partial charge is 0.383 e. The highest BCUT2D eigenvalue weighted by Crippen LogP contribution is 2.27. The average Bonchev–Trinajstić information content (AvgIpc) is 2.65. The summed E-state index contributed by atoms with van der Waals surface area (Å²) in [6.07, 6.45) is 5.86. The van der Waals surface area contributed by atoms with Crippen LogP contribution in [-0.2, 0) is 6.54 Å². The summed E-state index contributed by atoms with van der Waals surface area (Å²) in [5.41, 5.74) is 6.04. The van der Waals surface area contributed by atoms with Crippen molar-refractivity contribution in [3.8, 4) is 0 Å². The molecule has 0 fully saturated rings. The van der Waals surface area contributed by atoms with Crippen molar-refractivity contribution in [1.29, 1.82) is 0 Å². The Labute approximate surface area is 161 Å². The molecule has 0 bridgehead atoms. The number of fused-ring (bicyclic) bond motifs is 1. The minimum absolute atomic E-state index is 0.649. The zero-order valence-corrected chi connectivity index (χ0v) is 16.5. The molecule has 1 aliphatic heterocycles. The molecule has 1 aliphatic rings. The summed E-state index contributed by atoms with van der Waals surface area (Å²) in [5.74, 6) is 1.05. The van der Waals surface area contributed by atoms with Crippen molar-refractivity contribution in [2.75, 3.05) is 17.2 Å². The molecule has 0 saturated carbocycles. The first kappa shape index (κ1) is 18.8. The summed E-state index contributed by atoms with van der Waals surface area (Å²) < 4.78 is 0. The molecule has 0 amide bonds. The van der Waals surface area contributed by atoms with Crippen molar-refractivity contribution in [1.82, 2.24) is 0 Å². The molecule has 26 heavy (non-hydrogen) atoms. The van der Waals surface area contributed by atoms with Crippen LogP contribution in [0.25, 0.3) is 0 Å². The van der Waals surface area contributed by atoms with Crippen molar-refractivity contribution < 1.29 is 0 Å². The predicted octanol–water partition coefficient (Wildman–Crippen LogP) is 6.34. The number of nitrogens with one attached hydrogen (secondary N) is 2. The summed E-state index contributed by atoms with van der Waals surface area (Å²) in [6.45, 7) is 5.99. The normalized spacial score (nSPS) is 17.0. The zero-order chi connectivity index (χ0) is 18.4.